The average molecular weight is 306 g/mol. The van der Waals surface area contributed by atoms with E-state index in [1.165, 1.54) is 0 Å². The van der Waals surface area contributed by atoms with Crippen molar-refractivity contribution in [2.45, 2.75) is 6.54 Å². The number of hydrogen-bond donors (Lipinski definition) is 1. The summed E-state index contributed by atoms with van der Waals surface area (Å²) in [4.78, 5) is 13.6. The van der Waals surface area contributed by atoms with Crippen molar-refractivity contribution in [1.82, 2.24) is 4.90 Å². The quantitative estimate of drug-likeness (QED) is 0.923. The van der Waals surface area contributed by atoms with Crippen LogP contribution in [0.3, 0.4) is 0 Å². The van der Waals surface area contributed by atoms with Gasteiger partial charge in [-0.05, 0) is 35.9 Å². The van der Waals surface area contributed by atoms with Crippen LogP contribution in [0.2, 0.25) is 5.02 Å². The minimum absolute atomic E-state index is 0.0467. The van der Waals surface area contributed by atoms with Crippen molar-refractivity contribution in [2.24, 2.45) is 0 Å². The van der Waals surface area contributed by atoms with Crippen LogP contribution in [-0.2, 0) is 11.3 Å². The molecule has 0 aliphatic heterocycles. The summed E-state index contributed by atoms with van der Waals surface area (Å²) in [6, 6.07) is 13.7. The van der Waals surface area contributed by atoms with E-state index in [-0.39, 0.29) is 18.3 Å². The Labute approximate surface area is 128 Å². The molecule has 0 heterocycles. The van der Waals surface area contributed by atoms with Crippen molar-refractivity contribution in [2.75, 3.05) is 13.7 Å². The molecule has 0 saturated carbocycles. The highest BCUT2D eigenvalue weighted by atomic mass is 35.5. The first-order valence-electron chi connectivity index (χ1n) is 6.45. The zero-order valence-electron chi connectivity index (χ0n) is 11.6. The molecule has 0 aliphatic carbocycles. The van der Waals surface area contributed by atoms with Crippen molar-refractivity contribution in [1.29, 1.82) is 0 Å². The largest absolute Gasteiger partial charge is 0.508 e. The Morgan fingerprint density at radius 1 is 1.24 bits per heavy atom. The maximum atomic E-state index is 12.0. The van der Waals surface area contributed by atoms with E-state index >= 15 is 0 Å². The predicted molar refractivity (Wildman–Crippen MR) is 81.5 cm³/mol. The van der Waals surface area contributed by atoms with Crippen LogP contribution < -0.4 is 4.74 Å². The van der Waals surface area contributed by atoms with Gasteiger partial charge in [0.25, 0.3) is 5.91 Å². The van der Waals surface area contributed by atoms with Crippen molar-refractivity contribution < 1.29 is 14.6 Å². The van der Waals surface area contributed by atoms with Crippen LogP contribution in [0.4, 0.5) is 0 Å². The second-order valence-corrected chi connectivity index (χ2v) is 5.10. The third-order valence-electron chi connectivity index (χ3n) is 2.94. The summed E-state index contributed by atoms with van der Waals surface area (Å²) in [6.07, 6.45) is 0. The summed E-state index contributed by atoms with van der Waals surface area (Å²) in [5, 5.41) is 9.79. The molecule has 0 fully saturated rings. The van der Waals surface area contributed by atoms with Gasteiger partial charge in [-0.25, -0.2) is 0 Å². The summed E-state index contributed by atoms with van der Waals surface area (Å²) in [5.74, 6) is 0.633. The van der Waals surface area contributed by atoms with Crippen molar-refractivity contribution in [3.63, 3.8) is 0 Å². The fourth-order valence-corrected chi connectivity index (χ4v) is 1.96. The fourth-order valence-electron chi connectivity index (χ4n) is 1.78. The molecular weight excluding hydrogens is 290 g/mol. The maximum absolute atomic E-state index is 12.0. The van der Waals surface area contributed by atoms with Gasteiger partial charge in [0, 0.05) is 18.6 Å². The van der Waals surface area contributed by atoms with E-state index in [0.717, 1.165) is 5.56 Å². The standard InChI is InChI=1S/C16H16ClNO3/c1-18(10-12-5-7-14(19)8-6-12)16(20)11-21-15-4-2-3-13(17)9-15/h2-9,19H,10-11H2,1H3. The molecule has 21 heavy (non-hydrogen) atoms. The molecule has 5 heteroatoms. The van der Waals surface area contributed by atoms with Crippen molar-refractivity contribution >= 4 is 17.5 Å². The first kappa shape index (κ1) is 15.2. The first-order chi connectivity index (χ1) is 10.0. The van der Waals surface area contributed by atoms with E-state index in [9.17, 15) is 9.90 Å². The molecule has 4 nitrogen and oxygen atoms in total. The molecule has 1 N–H and O–H groups in total. The number of ether oxygens (including phenoxy) is 1. The number of halogens is 1. The van der Waals surface area contributed by atoms with E-state index < -0.39 is 0 Å². The first-order valence-corrected chi connectivity index (χ1v) is 6.82. The zero-order chi connectivity index (χ0) is 15.2. The van der Waals surface area contributed by atoms with Gasteiger partial charge in [0.2, 0.25) is 0 Å². The number of aromatic hydroxyl groups is 1. The summed E-state index contributed by atoms with van der Waals surface area (Å²) in [6.45, 7) is 0.410. The maximum Gasteiger partial charge on any atom is 0.260 e. The molecule has 0 saturated heterocycles. The smallest absolute Gasteiger partial charge is 0.260 e. The number of benzene rings is 2. The van der Waals surface area contributed by atoms with Crippen LogP contribution >= 0.6 is 11.6 Å². The van der Waals surface area contributed by atoms with E-state index in [2.05, 4.69) is 0 Å². The second kappa shape index (κ2) is 6.99. The molecule has 110 valence electrons. The Morgan fingerprint density at radius 3 is 2.62 bits per heavy atom. The highest BCUT2D eigenvalue weighted by Crippen LogP contribution is 2.17. The van der Waals surface area contributed by atoms with Crippen LogP contribution in [0, 0.1) is 0 Å². The fraction of sp³-hybridized carbons (Fsp3) is 0.188. The van der Waals surface area contributed by atoms with Gasteiger partial charge in [0.1, 0.15) is 11.5 Å². The monoisotopic (exact) mass is 305 g/mol. The van der Waals surface area contributed by atoms with E-state index in [1.807, 2.05) is 0 Å². The number of likely N-dealkylation sites (N-methyl/N-ethyl adjacent to an activating group) is 1. The van der Waals surface area contributed by atoms with Gasteiger partial charge in [0.15, 0.2) is 6.61 Å². The highest BCUT2D eigenvalue weighted by Gasteiger charge is 2.10. The summed E-state index contributed by atoms with van der Waals surface area (Å²) in [7, 11) is 1.70. The van der Waals surface area contributed by atoms with Crippen LogP contribution in [0.25, 0.3) is 0 Å². The van der Waals surface area contributed by atoms with Crippen LogP contribution in [0.15, 0.2) is 48.5 Å². The van der Waals surface area contributed by atoms with Gasteiger partial charge in [-0.15, -0.1) is 0 Å². The predicted octanol–water partition coefficient (Wildman–Crippen LogP) is 3.08. The lowest BCUT2D eigenvalue weighted by molar-refractivity contribution is -0.132. The van der Waals surface area contributed by atoms with Gasteiger partial charge in [-0.3, -0.25) is 4.79 Å². The lowest BCUT2D eigenvalue weighted by Crippen LogP contribution is -2.30. The molecule has 1 amide bonds. The van der Waals surface area contributed by atoms with Crippen molar-refractivity contribution in [3.05, 3.63) is 59.1 Å². The number of hydrogen-bond acceptors (Lipinski definition) is 3. The number of rotatable bonds is 5. The topological polar surface area (TPSA) is 49.8 Å². The number of amides is 1. The number of phenolic OH excluding ortho intramolecular Hbond substituents is 1. The summed E-state index contributed by atoms with van der Waals surface area (Å²) in [5.41, 5.74) is 0.936. The highest BCUT2D eigenvalue weighted by molar-refractivity contribution is 6.30. The Balaban J connectivity index is 1.86. The number of phenols is 1. The van der Waals surface area contributed by atoms with Crippen LogP contribution in [-0.4, -0.2) is 29.6 Å². The summed E-state index contributed by atoms with van der Waals surface area (Å²) < 4.78 is 5.41. The van der Waals surface area contributed by atoms with Gasteiger partial charge < -0.3 is 14.7 Å². The molecule has 0 bridgehead atoms. The Hall–Kier alpha value is -2.20. The average Bonchev–Trinajstić information content (AvgIpc) is 2.47. The van der Waals surface area contributed by atoms with Crippen molar-refractivity contribution in [3.8, 4) is 11.5 Å². The minimum atomic E-state index is -0.136. The Morgan fingerprint density at radius 2 is 1.95 bits per heavy atom. The Bertz CT molecular complexity index is 613. The van der Waals surface area contributed by atoms with Gasteiger partial charge >= 0.3 is 0 Å². The van der Waals surface area contributed by atoms with Gasteiger partial charge in [-0.2, -0.15) is 0 Å². The van der Waals surface area contributed by atoms with Crippen LogP contribution in [0.5, 0.6) is 11.5 Å². The third kappa shape index (κ3) is 4.68. The lowest BCUT2D eigenvalue weighted by atomic mass is 10.2. The second-order valence-electron chi connectivity index (χ2n) is 4.66. The molecule has 0 unspecified atom stereocenters. The molecular formula is C16H16ClNO3. The van der Waals surface area contributed by atoms with E-state index in [1.54, 1.807) is 60.5 Å². The number of carbonyl (C=O) groups is 1. The van der Waals surface area contributed by atoms with Gasteiger partial charge in [-0.1, -0.05) is 29.8 Å². The number of carbonyl (C=O) groups excluding carboxylic acids is 1. The SMILES string of the molecule is CN(Cc1ccc(O)cc1)C(=O)COc1cccc(Cl)c1. The summed E-state index contributed by atoms with van der Waals surface area (Å²) >= 11 is 5.85. The number of nitrogens with zero attached hydrogens (tertiary/aromatic N) is 1. The van der Waals surface area contributed by atoms with Gasteiger partial charge in [0.05, 0.1) is 0 Å². The molecule has 0 radical (unpaired) electrons. The van der Waals surface area contributed by atoms with E-state index in [4.69, 9.17) is 16.3 Å². The molecule has 0 aromatic heterocycles. The lowest BCUT2D eigenvalue weighted by Gasteiger charge is -2.17. The molecule has 2 aromatic carbocycles. The molecule has 0 aliphatic rings. The van der Waals surface area contributed by atoms with Crippen LogP contribution in [0.1, 0.15) is 5.56 Å². The zero-order valence-corrected chi connectivity index (χ0v) is 12.4. The minimum Gasteiger partial charge on any atom is -0.508 e. The third-order valence-corrected chi connectivity index (χ3v) is 3.18. The molecule has 0 spiro atoms. The molecule has 2 rings (SSSR count). The Kier molecular flexibility index (Phi) is 5.06. The molecule has 2 aromatic rings. The normalized spacial score (nSPS) is 10.2. The molecule has 0 atom stereocenters. The van der Waals surface area contributed by atoms with E-state index in [0.29, 0.717) is 17.3 Å².